The molecule has 0 saturated heterocycles. The number of anilines is 3. The van der Waals surface area contributed by atoms with Crippen molar-refractivity contribution in [3.05, 3.63) is 83.2 Å². The average Bonchev–Trinajstić information content (AvgIpc) is 2.66. The van der Waals surface area contributed by atoms with Gasteiger partial charge in [-0.3, -0.25) is 14.6 Å². The van der Waals surface area contributed by atoms with Crippen LogP contribution in [0.25, 0.3) is 0 Å². The van der Waals surface area contributed by atoms with Crippen molar-refractivity contribution in [3.63, 3.8) is 0 Å². The van der Waals surface area contributed by atoms with Gasteiger partial charge in [0.2, 0.25) is 0 Å². The van der Waals surface area contributed by atoms with Gasteiger partial charge in [0.05, 0.1) is 17.4 Å². The fourth-order valence-electron chi connectivity index (χ4n) is 2.70. The maximum absolute atomic E-state index is 12.6. The van der Waals surface area contributed by atoms with Crippen LogP contribution in [0, 0.1) is 13.8 Å². The van der Waals surface area contributed by atoms with Crippen molar-refractivity contribution in [2.45, 2.75) is 20.8 Å². The minimum absolute atomic E-state index is 0.00146. The van der Waals surface area contributed by atoms with Gasteiger partial charge in [0.25, 0.3) is 5.91 Å². The highest BCUT2D eigenvalue weighted by atomic mass is 16.1. The van der Waals surface area contributed by atoms with Gasteiger partial charge in [0.1, 0.15) is 0 Å². The summed E-state index contributed by atoms with van der Waals surface area (Å²) in [6.45, 7) is 5.51. The lowest BCUT2D eigenvalue weighted by atomic mass is 10.1. The third-order valence-corrected chi connectivity index (χ3v) is 4.41. The lowest BCUT2D eigenvalue weighted by Gasteiger charge is -2.11. The molecule has 0 aliphatic carbocycles. The van der Waals surface area contributed by atoms with Crippen molar-refractivity contribution in [1.82, 2.24) is 4.98 Å². The maximum atomic E-state index is 12.6. The van der Waals surface area contributed by atoms with Crippen LogP contribution in [0.1, 0.15) is 38.8 Å². The number of Topliss-reactive ketones (excluding diaryl/α,β-unsaturated/α-hetero) is 1. The maximum Gasteiger partial charge on any atom is 0.257 e. The number of hydrogen-bond donors (Lipinski definition) is 2. The molecule has 1 amide bonds. The fourth-order valence-corrected chi connectivity index (χ4v) is 2.70. The molecule has 3 aromatic rings. The number of carbonyl (C=O) groups is 2. The molecule has 0 unspecified atom stereocenters. The Balaban J connectivity index is 1.79. The lowest BCUT2D eigenvalue weighted by molar-refractivity contribution is 0.101. The summed E-state index contributed by atoms with van der Waals surface area (Å²) < 4.78 is 0. The van der Waals surface area contributed by atoms with E-state index in [2.05, 4.69) is 15.6 Å². The zero-order valence-electron chi connectivity index (χ0n) is 15.5. The second-order valence-corrected chi connectivity index (χ2v) is 6.43. The van der Waals surface area contributed by atoms with E-state index in [9.17, 15) is 9.59 Å². The highest BCUT2D eigenvalue weighted by Gasteiger charge is 2.10. The number of pyridine rings is 1. The van der Waals surface area contributed by atoms with Gasteiger partial charge >= 0.3 is 0 Å². The van der Waals surface area contributed by atoms with Crippen LogP contribution in [-0.2, 0) is 0 Å². The molecule has 2 aromatic carbocycles. The van der Waals surface area contributed by atoms with E-state index in [1.807, 2.05) is 44.2 Å². The molecule has 2 N–H and O–H groups in total. The van der Waals surface area contributed by atoms with Gasteiger partial charge in [-0.1, -0.05) is 24.3 Å². The quantitative estimate of drug-likeness (QED) is 0.636. The first-order chi connectivity index (χ1) is 12.9. The summed E-state index contributed by atoms with van der Waals surface area (Å²) in [6, 6.07) is 14.7. The van der Waals surface area contributed by atoms with Crippen LogP contribution < -0.4 is 10.6 Å². The summed E-state index contributed by atoms with van der Waals surface area (Å²) in [4.78, 5) is 28.3. The van der Waals surface area contributed by atoms with E-state index in [-0.39, 0.29) is 11.7 Å². The predicted molar refractivity (Wildman–Crippen MR) is 108 cm³/mol. The Kier molecular flexibility index (Phi) is 5.31. The molecule has 3 rings (SSSR count). The van der Waals surface area contributed by atoms with E-state index in [1.54, 1.807) is 24.4 Å². The second kappa shape index (κ2) is 7.83. The van der Waals surface area contributed by atoms with Gasteiger partial charge in [-0.05, 0) is 56.2 Å². The molecule has 0 spiro atoms. The number of ketones is 1. The Hall–Kier alpha value is -3.47. The number of nitrogens with zero attached hydrogens (tertiary/aromatic N) is 1. The highest BCUT2D eigenvalue weighted by molar-refractivity contribution is 6.05. The standard InChI is InChI=1S/C22H21N3O2/c1-14-6-4-9-21(15(14)2)25-22(27)18-11-20(13-23-12-18)24-19-8-5-7-17(10-19)16(3)26/h4-13,24H,1-3H3,(H,25,27). The summed E-state index contributed by atoms with van der Waals surface area (Å²) >= 11 is 0. The van der Waals surface area contributed by atoms with Crippen LogP contribution in [0.5, 0.6) is 0 Å². The zero-order valence-corrected chi connectivity index (χ0v) is 15.5. The van der Waals surface area contributed by atoms with Crippen LogP contribution in [-0.4, -0.2) is 16.7 Å². The third-order valence-electron chi connectivity index (χ3n) is 4.41. The van der Waals surface area contributed by atoms with Gasteiger partial charge < -0.3 is 10.6 Å². The number of benzene rings is 2. The van der Waals surface area contributed by atoms with Gasteiger partial charge in [-0.25, -0.2) is 0 Å². The number of carbonyl (C=O) groups excluding carboxylic acids is 2. The Labute approximate surface area is 158 Å². The molecular formula is C22H21N3O2. The molecule has 136 valence electrons. The molecule has 1 aromatic heterocycles. The Morgan fingerprint density at radius 2 is 1.63 bits per heavy atom. The van der Waals surface area contributed by atoms with Crippen LogP contribution >= 0.6 is 0 Å². The summed E-state index contributed by atoms with van der Waals surface area (Å²) in [5.41, 5.74) is 5.44. The van der Waals surface area contributed by atoms with Crippen molar-refractivity contribution in [3.8, 4) is 0 Å². The molecule has 0 radical (unpaired) electrons. The second-order valence-electron chi connectivity index (χ2n) is 6.43. The Bertz CT molecular complexity index is 1010. The highest BCUT2D eigenvalue weighted by Crippen LogP contribution is 2.21. The van der Waals surface area contributed by atoms with Crippen LogP contribution in [0.2, 0.25) is 0 Å². The van der Waals surface area contributed by atoms with Crippen molar-refractivity contribution < 1.29 is 9.59 Å². The van der Waals surface area contributed by atoms with Gasteiger partial charge in [-0.2, -0.15) is 0 Å². The summed E-state index contributed by atoms with van der Waals surface area (Å²) in [7, 11) is 0. The van der Waals surface area contributed by atoms with Gasteiger partial charge in [0, 0.05) is 23.1 Å². The summed E-state index contributed by atoms with van der Waals surface area (Å²) in [5, 5.41) is 6.12. The summed E-state index contributed by atoms with van der Waals surface area (Å²) in [6.07, 6.45) is 3.16. The number of aryl methyl sites for hydroxylation is 1. The van der Waals surface area contributed by atoms with Crippen molar-refractivity contribution in [2.75, 3.05) is 10.6 Å². The minimum Gasteiger partial charge on any atom is -0.354 e. The normalized spacial score (nSPS) is 10.3. The van der Waals surface area contributed by atoms with Crippen molar-refractivity contribution in [1.29, 1.82) is 0 Å². The molecule has 0 saturated carbocycles. The lowest BCUT2D eigenvalue weighted by Crippen LogP contribution is -2.13. The van der Waals surface area contributed by atoms with E-state index in [1.165, 1.54) is 13.1 Å². The molecule has 1 heterocycles. The van der Waals surface area contributed by atoms with Gasteiger partial charge in [-0.15, -0.1) is 0 Å². The monoisotopic (exact) mass is 359 g/mol. The SMILES string of the molecule is CC(=O)c1cccc(Nc2cncc(C(=O)Nc3cccc(C)c3C)c2)c1. The molecule has 5 nitrogen and oxygen atoms in total. The molecular weight excluding hydrogens is 338 g/mol. The number of rotatable bonds is 5. The van der Waals surface area contributed by atoms with Crippen LogP contribution in [0.15, 0.2) is 60.9 Å². The van der Waals surface area contributed by atoms with E-state index < -0.39 is 0 Å². The van der Waals surface area contributed by atoms with E-state index in [0.717, 1.165) is 22.5 Å². The average molecular weight is 359 g/mol. The van der Waals surface area contributed by atoms with Crippen molar-refractivity contribution >= 4 is 28.8 Å². The Morgan fingerprint density at radius 1 is 0.889 bits per heavy atom. The fraction of sp³-hybridized carbons (Fsp3) is 0.136. The molecule has 0 fully saturated rings. The van der Waals surface area contributed by atoms with Crippen molar-refractivity contribution in [2.24, 2.45) is 0 Å². The molecule has 0 atom stereocenters. The molecule has 0 bridgehead atoms. The first-order valence-electron chi connectivity index (χ1n) is 8.64. The number of amides is 1. The van der Waals surface area contributed by atoms with Crippen LogP contribution in [0.4, 0.5) is 17.1 Å². The topological polar surface area (TPSA) is 71.1 Å². The zero-order chi connectivity index (χ0) is 19.4. The van der Waals surface area contributed by atoms with E-state index in [4.69, 9.17) is 0 Å². The number of aromatic nitrogens is 1. The van der Waals surface area contributed by atoms with E-state index in [0.29, 0.717) is 16.8 Å². The number of nitrogens with one attached hydrogen (secondary N) is 2. The smallest absolute Gasteiger partial charge is 0.257 e. The van der Waals surface area contributed by atoms with Crippen LogP contribution in [0.3, 0.4) is 0 Å². The predicted octanol–water partition coefficient (Wildman–Crippen LogP) is 4.90. The molecule has 27 heavy (non-hydrogen) atoms. The molecule has 5 heteroatoms. The first-order valence-corrected chi connectivity index (χ1v) is 8.64. The largest absolute Gasteiger partial charge is 0.354 e. The van der Waals surface area contributed by atoms with Gasteiger partial charge in [0.15, 0.2) is 5.78 Å². The van der Waals surface area contributed by atoms with E-state index >= 15 is 0 Å². The summed E-state index contributed by atoms with van der Waals surface area (Å²) in [5.74, 6) is -0.226. The molecule has 0 aliphatic heterocycles. The number of hydrogen-bond acceptors (Lipinski definition) is 4. The Morgan fingerprint density at radius 3 is 2.41 bits per heavy atom. The molecule has 0 aliphatic rings. The first kappa shape index (κ1) is 18.3. The minimum atomic E-state index is -0.225. The third kappa shape index (κ3) is 4.39.